The average molecular weight is 386 g/mol. The number of benzene rings is 3. The van der Waals surface area contributed by atoms with E-state index in [-0.39, 0.29) is 11.5 Å². The molecule has 5 nitrogen and oxygen atoms in total. The van der Waals surface area contributed by atoms with E-state index in [4.69, 9.17) is 10.5 Å². The molecule has 3 N–H and O–H groups in total. The van der Waals surface area contributed by atoms with Crippen LogP contribution in [0.5, 0.6) is 5.75 Å². The van der Waals surface area contributed by atoms with Crippen LogP contribution in [0.25, 0.3) is 0 Å². The lowest BCUT2D eigenvalue weighted by Crippen LogP contribution is -2.18. The summed E-state index contributed by atoms with van der Waals surface area (Å²) in [6.45, 7) is 0.373. The smallest absolute Gasteiger partial charge is 0.255 e. The molecule has 0 saturated heterocycles. The molecule has 0 aliphatic heterocycles. The highest BCUT2D eigenvalue weighted by molar-refractivity contribution is 6.08. The molecule has 146 valence electrons. The number of carbonyl (C=O) groups is 2. The number of rotatable bonds is 6. The minimum Gasteiger partial charge on any atom is -0.489 e. The molecule has 0 aromatic heterocycles. The quantitative estimate of drug-likeness (QED) is 0.669. The van der Waals surface area contributed by atoms with Gasteiger partial charge >= 0.3 is 0 Å². The predicted octanol–water partition coefficient (Wildman–Crippen LogP) is 4.11. The maximum atomic E-state index is 12.6. The number of amides is 2. The summed E-state index contributed by atoms with van der Waals surface area (Å²) in [5, 5.41) is 2.76. The number of para-hydroxylation sites is 1. The second kappa shape index (κ2) is 8.19. The van der Waals surface area contributed by atoms with Crippen molar-refractivity contribution < 1.29 is 14.3 Å². The summed E-state index contributed by atoms with van der Waals surface area (Å²) in [6.07, 6.45) is 3.45. The zero-order valence-electron chi connectivity index (χ0n) is 16.0. The van der Waals surface area contributed by atoms with Crippen LogP contribution in [0.3, 0.4) is 0 Å². The second-order valence-corrected chi connectivity index (χ2v) is 7.14. The fraction of sp³-hybridized carbons (Fsp3) is 0.167. The first kappa shape index (κ1) is 18.7. The Morgan fingerprint density at radius 3 is 2.62 bits per heavy atom. The van der Waals surface area contributed by atoms with Crippen molar-refractivity contribution >= 4 is 17.5 Å². The summed E-state index contributed by atoms with van der Waals surface area (Å²) in [5.41, 5.74) is 10.2. The van der Waals surface area contributed by atoms with Crippen molar-refractivity contribution in [3.8, 4) is 5.75 Å². The van der Waals surface area contributed by atoms with Crippen LogP contribution in [0.1, 0.15) is 43.8 Å². The molecule has 29 heavy (non-hydrogen) atoms. The van der Waals surface area contributed by atoms with Crippen LogP contribution in [0.2, 0.25) is 0 Å². The van der Waals surface area contributed by atoms with E-state index in [9.17, 15) is 9.59 Å². The van der Waals surface area contributed by atoms with Gasteiger partial charge in [-0.2, -0.15) is 0 Å². The largest absolute Gasteiger partial charge is 0.489 e. The summed E-state index contributed by atoms with van der Waals surface area (Å²) in [4.78, 5) is 24.2. The van der Waals surface area contributed by atoms with Gasteiger partial charge in [0.1, 0.15) is 12.4 Å². The molecule has 3 aromatic rings. The van der Waals surface area contributed by atoms with E-state index in [1.165, 1.54) is 17.5 Å². The van der Waals surface area contributed by atoms with Gasteiger partial charge in [0.2, 0.25) is 0 Å². The van der Waals surface area contributed by atoms with Gasteiger partial charge in [-0.15, -0.1) is 0 Å². The minimum absolute atomic E-state index is 0.275. The lowest BCUT2D eigenvalue weighted by Gasteiger charge is -2.11. The number of ether oxygens (including phenoxy) is 1. The molecular formula is C24H22N2O3. The topological polar surface area (TPSA) is 81.4 Å². The molecule has 1 aliphatic rings. The van der Waals surface area contributed by atoms with E-state index >= 15 is 0 Å². The number of nitrogens with two attached hydrogens (primary N) is 1. The Hall–Kier alpha value is -3.60. The first-order valence-corrected chi connectivity index (χ1v) is 9.64. The van der Waals surface area contributed by atoms with Gasteiger partial charge in [0.05, 0.1) is 11.3 Å². The SMILES string of the molecule is NC(=O)c1ccccc1NC(=O)c1cccc(COc2ccc3c(c2)CCC3)c1. The molecule has 0 spiro atoms. The number of nitrogens with one attached hydrogen (secondary N) is 1. The van der Waals surface area contributed by atoms with Gasteiger partial charge in [-0.05, 0) is 72.4 Å². The minimum atomic E-state index is -0.586. The maximum absolute atomic E-state index is 12.6. The Morgan fingerprint density at radius 1 is 0.931 bits per heavy atom. The molecule has 0 heterocycles. The van der Waals surface area contributed by atoms with Crippen LogP contribution in [-0.2, 0) is 19.4 Å². The van der Waals surface area contributed by atoms with Crippen molar-refractivity contribution in [3.05, 3.63) is 94.5 Å². The third kappa shape index (κ3) is 4.29. The van der Waals surface area contributed by atoms with E-state index in [1.807, 2.05) is 18.2 Å². The van der Waals surface area contributed by atoms with Crippen LogP contribution in [0.15, 0.2) is 66.7 Å². The third-order valence-electron chi connectivity index (χ3n) is 5.11. The van der Waals surface area contributed by atoms with Crippen molar-refractivity contribution in [2.45, 2.75) is 25.9 Å². The first-order valence-electron chi connectivity index (χ1n) is 9.64. The number of aryl methyl sites for hydroxylation is 2. The fourth-order valence-corrected chi connectivity index (χ4v) is 3.61. The Kier molecular flexibility index (Phi) is 5.29. The Bertz CT molecular complexity index is 1080. The standard InChI is InChI=1S/C24H22N2O3/c25-23(27)21-9-1-2-10-22(21)26-24(28)19-8-3-5-16(13-19)15-29-20-12-11-17-6-4-7-18(17)14-20/h1-3,5,8-14H,4,6-7,15H2,(H2,25,27)(H,26,28). The van der Waals surface area contributed by atoms with Gasteiger partial charge in [0.15, 0.2) is 0 Å². The van der Waals surface area contributed by atoms with Gasteiger partial charge in [-0.3, -0.25) is 9.59 Å². The predicted molar refractivity (Wildman–Crippen MR) is 112 cm³/mol. The molecule has 1 aliphatic carbocycles. The molecule has 2 amide bonds. The highest BCUT2D eigenvalue weighted by Gasteiger charge is 2.13. The number of primary amides is 1. The van der Waals surface area contributed by atoms with Crippen LogP contribution in [-0.4, -0.2) is 11.8 Å². The van der Waals surface area contributed by atoms with Gasteiger partial charge in [-0.1, -0.05) is 30.3 Å². The molecule has 0 bridgehead atoms. The highest BCUT2D eigenvalue weighted by Crippen LogP contribution is 2.26. The van der Waals surface area contributed by atoms with Crippen LogP contribution >= 0.6 is 0 Å². The molecule has 0 radical (unpaired) electrons. The van der Waals surface area contributed by atoms with Crippen molar-refractivity contribution in [1.29, 1.82) is 0 Å². The monoisotopic (exact) mass is 386 g/mol. The van der Waals surface area contributed by atoms with Crippen molar-refractivity contribution in [2.24, 2.45) is 5.73 Å². The molecule has 3 aromatic carbocycles. The summed E-state index contributed by atoms with van der Waals surface area (Å²) in [5.74, 6) is -0.0497. The molecule has 0 fully saturated rings. The average Bonchev–Trinajstić information content (AvgIpc) is 3.20. The third-order valence-corrected chi connectivity index (χ3v) is 5.11. The molecule has 0 unspecified atom stereocenters. The zero-order valence-corrected chi connectivity index (χ0v) is 16.0. The molecular weight excluding hydrogens is 364 g/mol. The van der Waals surface area contributed by atoms with Gasteiger partial charge in [0, 0.05) is 5.56 Å². The van der Waals surface area contributed by atoms with Crippen molar-refractivity contribution in [2.75, 3.05) is 5.32 Å². The number of fused-ring (bicyclic) bond motifs is 1. The molecule has 0 saturated carbocycles. The second-order valence-electron chi connectivity index (χ2n) is 7.14. The number of carbonyl (C=O) groups excluding carboxylic acids is 2. The summed E-state index contributed by atoms with van der Waals surface area (Å²) in [6, 6.07) is 20.2. The van der Waals surface area contributed by atoms with Gasteiger partial charge in [0.25, 0.3) is 11.8 Å². The van der Waals surface area contributed by atoms with Crippen molar-refractivity contribution in [3.63, 3.8) is 0 Å². The maximum Gasteiger partial charge on any atom is 0.255 e. The summed E-state index contributed by atoms with van der Waals surface area (Å²) in [7, 11) is 0. The number of hydrogen-bond acceptors (Lipinski definition) is 3. The van der Waals surface area contributed by atoms with E-state index < -0.39 is 5.91 Å². The van der Waals surface area contributed by atoms with E-state index in [0.717, 1.165) is 24.2 Å². The fourth-order valence-electron chi connectivity index (χ4n) is 3.61. The lowest BCUT2D eigenvalue weighted by molar-refractivity contribution is 0.100. The van der Waals surface area contributed by atoms with E-state index in [1.54, 1.807) is 36.4 Å². The Labute approximate surface area is 169 Å². The van der Waals surface area contributed by atoms with Crippen LogP contribution < -0.4 is 15.8 Å². The van der Waals surface area contributed by atoms with E-state index in [2.05, 4.69) is 17.4 Å². The first-order chi connectivity index (χ1) is 14.1. The summed E-state index contributed by atoms with van der Waals surface area (Å²) >= 11 is 0. The van der Waals surface area contributed by atoms with Gasteiger partial charge in [-0.25, -0.2) is 0 Å². The number of hydrogen-bond donors (Lipinski definition) is 2. The van der Waals surface area contributed by atoms with E-state index in [0.29, 0.717) is 17.9 Å². The normalized spacial score (nSPS) is 12.3. The molecule has 0 atom stereocenters. The molecule has 5 heteroatoms. The Morgan fingerprint density at radius 2 is 1.76 bits per heavy atom. The molecule has 4 rings (SSSR count). The zero-order chi connectivity index (χ0) is 20.2. The summed E-state index contributed by atoms with van der Waals surface area (Å²) < 4.78 is 5.93. The highest BCUT2D eigenvalue weighted by atomic mass is 16.5. The number of anilines is 1. The Balaban J connectivity index is 1.44. The van der Waals surface area contributed by atoms with Gasteiger partial charge < -0.3 is 15.8 Å². The lowest BCUT2D eigenvalue weighted by atomic mass is 10.1. The van der Waals surface area contributed by atoms with Crippen LogP contribution in [0, 0.1) is 0 Å². The van der Waals surface area contributed by atoms with Crippen molar-refractivity contribution in [1.82, 2.24) is 0 Å². The van der Waals surface area contributed by atoms with Crippen LogP contribution in [0.4, 0.5) is 5.69 Å².